The minimum Gasteiger partial charge on any atom is -0.478 e. The summed E-state index contributed by atoms with van der Waals surface area (Å²) in [6, 6.07) is 8.57. The van der Waals surface area contributed by atoms with Crippen molar-refractivity contribution in [2.24, 2.45) is 0 Å². The molecule has 98 valence electrons. The van der Waals surface area contributed by atoms with E-state index < -0.39 is 5.97 Å². The van der Waals surface area contributed by atoms with Crippen LogP contribution in [0.3, 0.4) is 0 Å². The first-order valence-electron chi connectivity index (χ1n) is 6.16. The average Bonchev–Trinajstić information content (AvgIpc) is 2.29. The van der Waals surface area contributed by atoms with E-state index in [4.69, 9.17) is 5.11 Å². The number of hydrogen-bond donors (Lipinski definition) is 1. The zero-order valence-corrected chi connectivity index (χ0v) is 11.3. The molecule has 0 aromatic heterocycles. The van der Waals surface area contributed by atoms with Gasteiger partial charge in [0, 0.05) is 19.2 Å². The van der Waals surface area contributed by atoms with E-state index in [1.807, 2.05) is 7.05 Å². The second-order valence-corrected chi connectivity index (χ2v) is 4.83. The third-order valence-electron chi connectivity index (χ3n) is 2.78. The summed E-state index contributed by atoms with van der Waals surface area (Å²) in [6.45, 7) is 5.82. The molecule has 0 fully saturated rings. The molecule has 3 nitrogen and oxygen atoms in total. The monoisotopic (exact) mass is 247 g/mol. The van der Waals surface area contributed by atoms with Crippen LogP contribution < -0.4 is 0 Å². The average molecular weight is 247 g/mol. The van der Waals surface area contributed by atoms with Gasteiger partial charge in [-0.25, -0.2) is 4.79 Å². The van der Waals surface area contributed by atoms with E-state index in [-0.39, 0.29) is 0 Å². The highest BCUT2D eigenvalue weighted by atomic mass is 16.4. The lowest BCUT2D eigenvalue weighted by molar-refractivity contribution is -0.131. The summed E-state index contributed by atoms with van der Waals surface area (Å²) < 4.78 is 0. The molecule has 0 saturated heterocycles. The summed E-state index contributed by atoms with van der Waals surface area (Å²) in [5, 5.41) is 8.49. The summed E-state index contributed by atoms with van der Waals surface area (Å²) >= 11 is 0. The lowest BCUT2D eigenvalue weighted by atomic mass is 10.0. The van der Waals surface area contributed by atoms with Gasteiger partial charge in [-0.15, -0.1) is 0 Å². The van der Waals surface area contributed by atoms with Gasteiger partial charge in [0.1, 0.15) is 0 Å². The topological polar surface area (TPSA) is 40.5 Å². The van der Waals surface area contributed by atoms with Crippen molar-refractivity contribution in [1.82, 2.24) is 4.90 Å². The van der Waals surface area contributed by atoms with Crippen LogP contribution >= 0.6 is 0 Å². The molecule has 1 aromatic rings. The molecule has 0 aliphatic rings. The standard InChI is InChI=1S/C15H21NO2/c1-12(2)14-8-6-13(7-9-14)11-16(3)10-4-5-15(17)18/h4-9,12H,10-11H2,1-3H3,(H,17,18)/b5-4+. The van der Waals surface area contributed by atoms with Gasteiger partial charge in [-0.05, 0) is 24.1 Å². The number of likely N-dealkylation sites (N-methyl/N-ethyl adjacent to an activating group) is 1. The van der Waals surface area contributed by atoms with Crippen LogP contribution in [0.25, 0.3) is 0 Å². The van der Waals surface area contributed by atoms with E-state index >= 15 is 0 Å². The van der Waals surface area contributed by atoms with Gasteiger partial charge < -0.3 is 5.11 Å². The Balaban J connectivity index is 2.49. The van der Waals surface area contributed by atoms with E-state index in [0.717, 1.165) is 6.54 Å². The number of nitrogens with zero attached hydrogens (tertiary/aromatic N) is 1. The van der Waals surface area contributed by atoms with Crippen molar-refractivity contribution >= 4 is 5.97 Å². The Morgan fingerprint density at radius 2 is 1.94 bits per heavy atom. The Morgan fingerprint density at radius 3 is 2.44 bits per heavy atom. The smallest absolute Gasteiger partial charge is 0.328 e. The molecule has 0 bridgehead atoms. The molecule has 1 rings (SSSR count). The van der Waals surface area contributed by atoms with E-state index in [1.165, 1.54) is 17.2 Å². The molecule has 0 aliphatic heterocycles. The van der Waals surface area contributed by atoms with Gasteiger partial charge in [0.25, 0.3) is 0 Å². The first-order chi connectivity index (χ1) is 8.49. The lowest BCUT2D eigenvalue weighted by Gasteiger charge is -2.15. The molecule has 0 amide bonds. The minimum absolute atomic E-state index is 0.551. The molecule has 18 heavy (non-hydrogen) atoms. The van der Waals surface area contributed by atoms with Crippen molar-refractivity contribution in [3.8, 4) is 0 Å². The normalized spacial score (nSPS) is 11.6. The highest BCUT2D eigenvalue weighted by Crippen LogP contribution is 2.15. The van der Waals surface area contributed by atoms with E-state index in [1.54, 1.807) is 6.08 Å². The van der Waals surface area contributed by atoms with Gasteiger partial charge in [0.05, 0.1) is 0 Å². The summed E-state index contributed by atoms with van der Waals surface area (Å²) in [7, 11) is 1.97. The van der Waals surface area contributed by atoms with Crippen LogP contribution in [0.1, 0.15) is 30.9 Å². The second kappa shape index (κ2) is 6.97. The number of aliphatic carboxylic acids is 1. The second-order valence-electron chi connectivity index (χ2n) is 4.83. The minimum atomic E-state index is -0.898. The molecule has 0 spiro atoms. The summed E-state index contributed by atoms with van der Waals surface area (Å²) in [5.74, 6) is -0.347. The first-order valence-corrected chi connectivity index (χ1v) is 6.16. The molecule has 0 atom stereocenters. The number of hydrogen-bond acceptors (Lipinski definition) is 2. The molecule has 0 saturated carbocycles. The van der Waals surface area contributed by atoms with Crippen molar-refractivity contribution < 1.29 is 9.90 Å². The van der Waals surface area contributed by atoms with E-state index in [2.05, 4.69) is 43.0 Å². The molecule has 0 aliphatic carbocycles. The van der Waals surface area contributed by atoms with E-state index in [0.29, 0.717) is 12.5 Å². The van der Waals surface area contributed by atoms with Crippen LogP contribution in [0.5, 0.6) is 0 Å². The molecule has 1 aromatic carbocycles. The number of benzene rings is 1. The zero-order valence-electron chi connectivity index (χ0n) is 11.3. The Kier molecular flexibility index (Phi) is 5.59. The Bertz CT molecular complexity index is 407. The fraction of sp³-hybridized carbons (Fsp3) is 0.400. The molecular weight excluding hydrogens is 226 g/mol. The van der Waals surface area contributed by atoms with Crippen molar-refractivity contribution in [1.29, 1.82) is 0 Å². The highest BCUT2D eigenvalue weighted by Gasteiger charge is 2.01. The number of carboxylic acids is 1. The Morgan fingerprint density at radius 1 is 1.33 bits per heavy atom. The Hall–Kier alpha value is -1.61. The van der Waals surface area contributed by atoms with Crippen molar-refractivity contribution in [3.63, 3.8) is 0 Å². The molecule has 0 radical (unpaired) electrons. The quantitative estimate of drug-likeness (QED) is 0.786. The van der Waals surface area contributed by atoms with Crippen LogP contribution in [0.15, 0.2) is 36.4 Å². The first kappa shape index (κ1) is 14.5. The van der Waals surface area contributed by atoms with Crippen LogP contribution in [-0.2, 0) is 11.3 Å². The largest absolute Gasteiger partial charge is 0.478 e. The molecule has 3 heteroatoms. The van der Waals surface area contributed by atoms with Gasteiger partial charge in [-0.1, -0.05) is 44.2 Å². The van der Waals surface area contributed by atoms with Crippen LogP contribution in [0, 0.1) is 0 Å². The number of carboxylic acid groups (broad SMARTS) is 1. The Labute approximate surface area is 109 Å². The summed E-state index contributed by atoms with van der Waals surface area (Å²) in [6.07, 6.45) is 2.84. The van der Waals surface area contributed by atoms with Crippen LogP contribution in [0.2, 0.25) is 0 Å². The fourth-order valence-corrected chi connectivity index (χ4v) is 1.72. The fourth-order valence-electron chi connectivity index (χ4n) is 1.72. The third-order valence-corrected chi connectivity index (χ3v) is 2.78. The van der Waals surface area contributed by atoms with Gasteiger partial charge in [-0.2, -0.15) is 0 Å². The summed E-state index contributed by atoms with van der Waals surface area (Å²) in [5.41, 5.74) is 2.58. The molecule has 0 heterocycles. The summed E-state index contributed by atoms with van der Waals surface area (Å²) in [4.78, 5) is 12.4. The SMILES string of the molecule is CC(C)c1ccc(CN(C)C/C=C/C(=O)O)cc1. The number of carbonyl (C=O) groups is 1. The van der Waals surface area contributed by atoms with Crippen molar-refractivity contribution in [2.75, 3.05) is 13.6 Å². The van der Waals surface area contributed by atoms with Gasteiger partial charge in [0.15, 0.2) is 0 Å². The van der Waals surface area contributed by atoms with Gasteiger partial charge in [0.2, 0.25) is 0 Å². The maximum Gasteiger partial charge on any atom is 0.328 e. The maximum atomic E-state index is 10.3. The van der Waals surface area contributed by atoms with E-state index in [9.17, 15) is 4.79 Å². The zero-order chi connectivity index (χ0) is 13.5. The van der Waals surface area contributed by atoms with Crippen LogP contribution in [-0.4, -0.2) is 29.6 Å². The molecule has 1 N–H and O–H groups in total. The van der Waals surface area contributed by atoms with Gasteiger partial charge in [-0.3, -0.25) is 4.90 Å². The third kappa shape index (κ3) is 5.15. The van der Waals surface area contributed by atoms with Crippen molar-refractivity contribution in [3.05, 3.63) is 47.5 Å². The number of rotatable bonds is 6. The molecule has 0 unspecified atom stereocenters. The highest BCUT2D eigenvalue weighted by molar-refractivity contribution is 5.79. The maximum absolute atomic E-state index is 10.3. The van der Waals surface area contributed by atoms with Crippen LogP contribution in [0.4, 0.5) is 0 Å². The molecular formula is C15H21NO2. The predicted octanol–water partition coefficient (Wildman–Crippen LogP) is 2.88. The predicted molar refractivity (Wildman–Crippen MR) is 73.6 cm³/mol. The van der Waals surface area contributed by atoms with Gasteiger partial charge >= 0.3 is 5.97 Å². The van der Waals surface area contributed by atoms with Crippen molar-refractivity contribution in [2.45, 2.75) is 26.3 Å². The lowest BCUT2D eigenvalue weighted by Crippen LogP contribution is -2.17.